The SMILES string of the molecule is Cc1cc(Br)cc2c1OC(C(C)C)C(=O)N2C. The van der Waals surface area contributed by atoms with Gasteiger partial charge in [-0.1, -0.05) is 29.8 Å². The van der Waals surface area contributed by atoms with Crippen LogP contribution in [0.2, 0.25) is 0 Å². The zero-order valence-corrected chi connectivity index (χ0v) is 12.0. The second-order valence-corrected chi connectivity index (χ2v) is 5.67. The smallest absolute Gasteiger partial charge is 0.268 e. The van der Waals surface area contributed by atoms with Gasteiger partial charge in [-0.15, -0.1) is 0 Å². The van der Waals surface area contributed by atoms with Crippen molar-refractivity contribution < 1.29 is 9.53 Å². The van der Waals surface area contributed by atoms with Gasteiger partial charge < -0.3 is 9.64 Å². The predicted octanol–water partition coefficient (Wildman–Crippen LogP) is 3.14. The van der Waals surface area contributed by atoms with E-state index in [0.717, 1.165) is 21.5 Å². The molecule has 0 aromatic heterocycles. The van der Waals surface area contributed by atoms with Gasteiger partial charge in [-0.05, 0) is 30.5 Å². The number of aryl methyl sites for hydroxylation is 1. The predicted molar refractivity (Wildman–Crippen MR) is 71.5 cm³/mol. The van der Waals surface area contributed by atoms with Gasteiger partial charge in [0.2, 0.25) is 0 Å². The highest BCUT2D eigenvalue weighted by Crippen LogP contribution is 2.39. The minimum absolute atomic E-state index is 0.0185. The molecule has 2 rings (SSSR count). The Bertz CT molecular complexity index is 471. The van der Waals surface area contributed by atoms with Crippen LogP contribution in [0.5, 0.6) is 5.75 Å². The van der Waals surface area contributed by atoms with E-state index in [0.29, 0.717) is 0 Å². The average Bonchev–Trinajstić information content (AvgIpc) is 2.23. The average molecular weight is 298 g/mol. The molecule has 92 valence electrons. The van der Waals surface area contributed by atoms with Crippen molar-refractivity contribution in [3.05, 3.63) is 22.2 Å². The number of carbonyl (C=O) groups excluding carboxylic acids is 1. The molecule has 0 spiro atoms. The Morgan fingerprint density at radius 3 is 2.65 bits per heavy atom. The fourth-order valence-corrected chi connectivity index (χ4v) is 2.58. The zero-order chi connectivity index (χ0) is 12.7. The Morgan fingerprint density at radius 2 is 2.06 bits per heavy atom. The summed E-state index contributed by atoms with van der Waals surface area (Å²) in [7, 11) is 1.80. The number of ether oxygens (including phenoxy) is 1. The van der Waals surface area contributed by atoms with Crippen LogP contribution < -0.4 is 9.64 Å². The molecule has 1 aliphatic rings. The first-order chi connectivity index (χ1) is 7.91. The number of hydrogen-bond acceptors (Lipinski definition) is 2. The first-order valence-electron chi connectivity index (χ1n) is 5.66. The molecule has 0 saturated carbocycles. The standard InChI is InChI=1S/C13H16BrNO2/c1-7(2)11-13(16)15(4)10-6-9(14)5-8(3)12(10)17-11/h5-7,11H,1-4H3. The molecule has 0 saturated heterocycles. The molecular weight excluding hydrogens is 282 g/mol. The molecule has 1 atom stereocenters. The summed E-state index contributed by atoms with van der Waals surface area (Å²) in [5.41, 5.74) is 1.87. The summed E-state index contributed by atoms with van der Waals surface area (Å²) in [6.07, 6.45) is -0.382. The lowest BCUT2D eigenvalue weighted by Crippen LogP contribution is -2.46. The van der Waals surface area contributed by atoms with Crippen molar-refractivity contribution >= 4 is 27.5 Å². The van der Waals surface area contributed by atoms with Crippen LogP contribution in [0.25, 0.3) is 0 Å². The molecule has 17 heavy (non-hydrogen) atoms. The molecular formula is C13H16BrNO2. The van der Waals surface area contributed by atoms with Gasteiger partial charge in [-0.3, -0.25) is 4.79 Å². The van der Waals surface area contributed by atoms with Gasteiger partial charge >= 0.3 is 0 Å². The van der Waals surface area contributed by atoms with E-state index in [1.807, 2.05) is 32.9 Å². The molecule has 0 fully saturated rings. The summed E-state index contributed by atoms with van der Waals surface area (Å²) in [5.74, 6) is 1.00. The van der Waals surface area contributed by atoms with Gasteiger partial charge in [0.05, 0.1) is 5.69 Å². The summed E-state index contributed by atoms with van der Waals surface area (Å²) in [6.45, 7) is 5.98. The van der Waals surface area contributed by atoms with Crippen LogP contribution in [0, 0.1) is 12.8 Å². The largest absolute Gasteiger partial charge is 0.478 e. The highest BCUT2D eigenvalue weighted by molar-refractivity contribution is 9.10. The molecule has 1 aromatic rings. The number of nitrogens with zero attached hydrogens (tertiary/aromatic N) is 1. The van der Waals surface area contributed by atoms with Crippen molar-refractivity contribution in [2.45, 2.75) is 26.9 Å². The van der Waals surface area contributed by atoms with E-state index in [2.05, 4.69) is 15.9 Å². The fraction of sp³-hybridized carbons (Fsp3) is 0.462. The molecule has 1 heterocycles. The fourth-order valence-electron chi connectivity index (χ4n) is 2.02. The maximum Gasteiger partial charge on any atom is 0.268 e. The molecule has 1 unspecified atom stereocenters. The summed E-state index contributed by atoms with van der Waals surface area (Å²) in [5, 5.41) is 0. The van der Waals surface area contributed by atoms with Gasteiger partial charge in [0.15, 0.2) is 6.10 Å². The minimum atomic E-state index is -0.382. The lowest BCUT2D eigenvalue weighted by molar-refractivity contribution is -0.127. The molecule has 1 amide bonds. The number of carbonyl (C=O) groups is 1. The number of anilines is 1. The maximum atomic E-state index is 12.1. The van der Waals surface area contributed by atoms with Crippen molar-refractivity contribution in [2.24, 2.45) is 5.92 Å². The van der Waals surface area contributed by atoms with Gasteiger partial charge in [-0.2, -0.15) is 0 Å². The second kappa shape index (κ2) is 4.33. The van der Waals surface area contributed by atoms with Crippen molar-refractivity contribution in [2.75, 3.05) is 11.9 Å². The second-order valence-electron chi connectivity index (χ2n) is 4.75. The van der Waals surface area contributed by atoms with Crippen LogP contribution in [0.1, 0.15) is 19.4 Å². The molecule has 4 heteroatoms. The number of hydrogen-bond donors (Lipinski definition) is 0. The molecule has 0 N–H and O–H groups in total. The van der Waals surface area contributed by atoms with Crippen LogP contribution in [-0.4, -0.2) is 19.1 Å². The third-order valence-corrected chi connectivity index (χ3v) is 3.46. The van der Waals surface area contributed by atoms with Crippen LogP contribution in [0.3, 0.4) is 0 Å². The van der Waals surface area contributed by atoms with E-state index in [-0.39, 0.29) is 17.9 Å². The van der Waals surface area contributed by atoms with E-state index >= 15 is 0 Å². The Labute approximate surface area is 110 Å². The van der Waals surface area contributed by atoms with Crippen molar-refractivity contribution in [3.63, 3.8) is 0 Å². The monoisotopic (exact) mass is 297 g/mol. The third kappa shape index (κ3) is 2.06. The topological polar surface area (TPSA) is 29.5 Å². The first-order valence-corrected chi connectivity index (χ1v) is 6.45. The van der Waals surface area contributed by atoms with Gasteiger partial charge in [0, 0.05) is 11.5 Å². The van der Waals surface area contributed by atoms with E-state index in [4.69, 9.17) is 4.74 Å². The van der Waals surface area contributed by atoms with Gasteiger partial charge in [0.1, 0.15) is 5.75 Å². The molecule has 0 aliphatic carbocycles. The van der Waals surface area contributed by atoms with E-state index in [1.165, 1.54) is 0 Å². The lowest BCUT2D eigenvalue weighted by Gasteiger charge is -2.34. The molecule has 0 bridgehead atoms. The highest BCUT2D eigenvalue weighted by atomic mass is 79.9. The Kier molecular flexibility index (Phi) is 3.17. The van der Waals surface area contributed by atoms with Gasteiger partial charge in [0.25, 0.3) is 5.91 Å². The molecule has 1 aromatic carbocycles. The molecule has 1 aliphatic heterocycles. The van der Waals surface area contributed by atoms with Crippen LogP contribution in [-0.2, 0) is 4.79 Å². The minimum Gasteiger partial charge on any atom is -0.478 e. The van der Waals surface area contributed by atoms with E-state index in [1.54, 1.807) is 11.9 Å². The van der Waals surface area contributed by atoms with Crippen molar-refractivity contribution in [3.8, 4) is 5.75 Å². The third-order valence-electron chi connectivity index (χ3n) is 3.01. The number of rotatable bonds is 1. The summed E-state index contributed by atoms with van der Waals surface area (Å²) >= 11 is 3.44. The zero-order valence-electron chi connectivity index (χ0n) is 10.5. The van der Waals surface area contributed by atoms with Crippen molar-refractivity contribution in [1.29, 1.82) is 0 Å². The summed E-state index contributed by atoms with van der Waals surface area (Å²) in [4.78, 5) is 13.8. The number of amides is 1. The number of benzene rings is 1. The van der Waals surface area contributed by atoms with Crippen LogP contribution in [0.4, 0.5) is 5.69 Å². The Hall–Kier alpha value is -1.03. The van der Waals surface area contributed by atoms with Crippen LogP contribution in [0.15, 0.2) is 16.6 Å². The Balaban J connectivity index is 2.53. The van der Waals surface area contributed by atoms with Crippen molar-refractivity contribution in [1.82, 2.24) is 0 Å². The number of likely N-dealkylation sites (N-methyl/N-ethyl adjacent to an activating group) is 1. The van der Waals surface area contributed by atoms with Crippen LogP contribution >= 0.6 is 15.9 Å². The highest BCUT2D eigenvalue weighted by Gasteiger charge is 2.35. The number of halogens is 1. The molecule has 3 nitrogen and oxygen atoms in total. The van der Waals surface area contributed by atoms with E-state index < -0.39 is 0 Å². The van der Waals surface area contributed by atoms with Gasteiger partial charge in [-0.25, -0.2) is 0 Å². The van der Waals surface area contributed by atoms with E-state index in [9.17, 15) is 4.79 Å². The quantitative estimate of drug-likeness (QED) is 0.797. The molecule has 0 radical (unpaired) electrons. The maximum absolute atomic E-state index is 12.1. The summed E-state index contributed by atoms with van der Waals surface area (Å²) < 4.78 is 6.81. The summed E-state index contributed by atoms with van der Waals surface area (Å²) in [6, 6.07) is 3.91. The lowest BCUT2D eigenvalue weighted by atomic mass is 10.0. The Morgan fingerprint density at radius 1 is 1.41 bits per heavy atom. The normalized spacial score (nSPS) is 19.3. The number of fused-ring (bicyclic) bond motifs is 1. The first kappa shape index (κ1) is 12.4.